The summed E-state index contributed by atoms with van der Waals surface area (Å²) in [6.45, 7) is 0. The van der Waals surface area contributed by atoms with Gasteiger partial charge in [0.15, 0.2) is 0 Å². The van der Waals surface area contributed by atoms with Gasteiger partial charge in [0.1, 0.15) is 0 Å². The van der Waals surface area contributed by atoms with Gasteiger partial charge in [0.25, 0.3) is 0 Å². The Morgan fingerprint density at radius 2 is 2.14 bits per heavy atom. The number of nitrogens with two attached hydrogens (primary N) is 1. The summed E-state index contributed by atoms with van der Waals surface area (Å²) in [5, 5.41) is 9.12. The third-order valence-corrected chi connectivity index (χ3v) is 3.93. The standard InChI is InChI=1S/C17H15N3O/c18-9-12-3-1-2-4-14(12)16-6-5-11(10-20-16)7-13-8-15(13)17(19)21/h1-6,10,13,15H,7-8H2,(H2,19,21). The number of hydrogen-bond donors (Lipinski definition) is 1. The van der Waals surface area contributed by atoms with Crippen LogP contribution < -0.4 is 5.73 Å². The van der Waals surface area contributed by atoms with Crippen LogP contribution in [0.15, 0.2) is 42.6 Å². The number of amides is 1. The molecule has 0 aliphatic heterocycles. The van der Waals surface area contributed by atoms with Crippen molar-refractivity contribution in [3.05, 3.63) is 53.7 Å². The van der Waals surface area contributed by atoms with Crippen LogP contribution in [-0.4, -0.2) is 10.9 Å². The van der Waals surface area contributed by atoms with Crippen LogP contribution in [0.4, 0.5) is 0 Å². The maximum Gasteiger partial charge on any atom is 0.220 e. The summed E-state index contributed by atoms with van der Waals surface area (Å²) < 4.78 is 0. The largest absolute Gasteiger partial charge is 0.369 e. The maximum absolute atomic E-state index is 11.0. The molecule has 2 N–H and O–H groups in total. The number of benzene rings is 1. The van der Waals surface area contributed by atoms with Crippen molar-refractivity contribution in [2.75, 3.05) is 0 Å². The molecule has 1 heterocycles. The van der Waals surface area contributed by atoms with E-state index in [0.717, 1.165) is 29.7 Å². The molecule has 0 radical (unpaired) electrons. The summed E-state index contributed by atoms with van der Waals surface area (Å²) in [6, 6.07) is 13.5. The Labute approximate surface area is 123 Å². The number of nitriles is 1. The van der Waals surface area contributed by atoms with Gasteiger partial charge in [0.2, 0.25) is 5.91 Å². The highest BCUT2D eigenvalue weighted by atomic mass is 16.1. The fourth-order valence-electron chi connectivity index (χ4n) is 2.63. The third-order valence-electron chi connectivity index (χ3n) is 3.93. The molecule has 1 aliphatic rings. The van der Waals surface area contributed by atoms with E-state index in [-0.39, 0.29) is 11.8 Å². The number of nitrogens with zero attached hydrogens (tertiary/aromatic N) is 2. The van der Waals surface area contributed by atoms with Crippen LogP contribution in [0.2, 0.25) is 0 Å². The first-order valence-corrected chi connectivity index (χ1v) is 6.93. The molecule has 1 aromatic carbocycles. The van der Waals surface area contributed by atoms with Crippen LogP contribution in [-0.2, 0) is 11.2 Å². The molecule has 2 aromatic rings. The van der Waals surface area contributed by atoms with Gasteiger partial charge < -0.3 is 5.73 Å². The second kappa shape index (κ2) is 5.37. The summed E-state index contributed by atoms with van der Waals surface area (Å²) in [5.41, 5.74) is 8.64. The number of primary amides is 1. The van der Waals surface area contributed by atoms with Crippen LogP contribution >= 0.6 is 0 Å². The molecule has 2 atom stereocenters. The first-order chi connectivity index (χ1) is 10.2. The van der Waals surface area contributed by atoms with Gasteiger partial charge in [-0.05, 0) is 36.5 Å². The molecule has 1 saturated carbocycles. The zero-order chi connectivity index (χ0) is 14.8. The summed E-state index contributed by atoms with van der Waals surface area (Å²) in [6.07, 6.45) is 3.54. The molecule has 3 rings (SSSR count). The van der Waals surface area contributed by atoms with Crippen molar-refractivity contribution < 1.29 is 4.79 Å². The highest BCUT2D eigenvalue weighted by Crippen LogP contribution is 2.40. The van der Waals surface area contributed by atoms with Gasteiger partial charge in [0, 0.05) is 17.7 Å². The minimum atomic E-state index is -0.201. The number of aromatic nitrogens is 1. The van der Waals surface area contributed by atoms with Gasteiger partial charge in [-0.2, -0.15) is 5.26 Å². The van der Waals surface area contributed by atoms with Crippen LogP contribution in [0.1, 0.15) is 17.5 Å². The predicted molar refractivity (Wildman–Crippen MR) is 78.9 cm³/mol. The SMILES string of the molecule is N#Cc1ccccc1-c1ccc(CC2CC2C(N)=O)cn1. The lowest BCUT2D eigenvalue weighted by Gasteiger charge is -2.05. The second-order valence-electron chi connectivity index (χ2n) is 5.42. The number of hydrogen-bond acceptors (Lipinski definition) is 3. The molecule has 1 aliphatic carbocycles. The first kappa shape index (κ1) is 13.3. The zero-order valence-electron chi connectivity index (χ0n) is 11.5. The molecule has 104 valence electrons. The van der Waals surface area contributed by atoms with E-state index in [1.807, 2.05) is 36.5 Å². The quantitative estimate of drug-likeness (QED) is 0.931. The molecular weight excluding hydrogens is 262 g/mol. The lowest BCUT2D eigenvalue weighted by Crippen LogP contribution is -2.14. The molecule has 0 bridgehead atoms. The highest BCUT2D eigenvalue weighted by Gasteiger charge is 2.41. The number of pyridine rings is 1. The minimum Gasteiger partial charge on any atom is -0.369 e. The number of carbonyl (C=O) groups is 1. The normalized spacial score (nSPS) is 19.8. The summed E-state index contributed by atoms with van der Waals surface area (Å²) in [7, 11) is 0. The monoisotopic (exact) mass is 277 g/mol. The van der Waals surface area contributed by atoms with Gasteiger partial charge in [-0.25, -0.2) is 0 Å². The van der Waals surface area contributed by atoms with Crippen LogP contribution in [0.5, 0.6) is 0 Å². The van der Waals surface area contributed by atoms with Crippen molar-refractivity contribution in [2.24, 2.45) is 17.6 Å². The van der Waals surface area contributed by atoms with Crippen molar-refractivity contribution in [3.8, 4) is 17.3 Å². The molecule has 21 heavy (non-hydrogen) atoms. The Kier molecular flexibility index (Phi) is 3.41. The van der Waals surface area contributed by atoms with Crippen molar-refractivity contribution in [1.29, 1.82) is 5.26 Å². The number of carbonyl (C=O) groups excluding carboxylic acids is 1. The Balaban J connectivity index is 1.76. The summed E-state index contributed by atoms with van der Waals surface area (Å²) in [5.74, 6) is 0.193. The van der Waals surface area contributed by atoms with Gasteiger partial charge in [-0.15, -0.1) is 0 Å². The molecule has 0 saturated heterocycles. The Morgan fingerprint density at radius 3 is 2.76 bits per heavy atom. The van der Waals surface area contributed by atoms with Gasteiger partial charge >= 0.3 is 0 Å². The minimum absolute atomic E-state index is 0.0315. The topological polar surface area (TPSA) is 79.8 Å². The zero-order valence-corrected chi connectivity index (χ0v) is 11.5. The van der Waals surface area contributed by atoms with Crippen molar-refractivity contribution in [3.63, 3.8) is 0 Å². The van der Waals surface area contributed by atoms with E-state index in [0.29, 0.717) is 11.5 Å². The van der Waals surface area contributed by atoms with Crippen molar-refractivity contribution >= 4 is 5.91 Å². The third kappa shape index (κ3) is 2.77. The smallest absolute Gasteiger partial charge is 0.220 e. The van der Waals surface area contributed by atoms with Crippen LogP contribution in [0.3, 0.4) is 0 Å². The fraction of sp³-hybridized carbons (Fsp3) is 0.235. The van der Waals surface area contributed by atoms with Crippen LogP contribution in [0.25, 0.3) is 11.3 Å². The lowest BCUT2D eigenvalue weighted by molar-refractivity contribution is -0.119. The van der Waals surface area contributed by atoms with E-state index >= 15 is 0 Å². The molecule has 1 amide bonds. The van der Waals surface area contributed by atoms with Crippen molar-refractivity contribution in [1.82, 2.24) is 4.98 Å². The van der Waals surface area contributed by atoms with Gasteiger partial charge in [-0.1, -0.05) is 24.3 Å². The molecule has 2 unspecified atom stereocenters. The molecule has 4 nitrogen and oxygen atoms in total. The van der Waals surface area contributed by atoms with E-state index in [4.69, 9.17) is 11.0 Å². The average Bonchev–Trinajstić information content (AvgIpc) is 3.27. The Hall–Kier alpha value is -2.67. The number of rotatable bonds is 4. The van der Waals surface area contributed by atoms with E-state index in [2.05, 4.69) is 11.1 Å². The maximum atomic E-state index is 11.0. The molecule has 4 heteroatoms. The van der Waals surface area contributed by atoms with E-state index in [1.165, 1.54) is 0 Å². The Morgan fingerprint density at radius 1 is 1.33 bits per heavy atom. The van der Waals surface area contributed by atoms with E-state index < -0.39 is 0 Å². The van der Waals surface area contributed by atoms with Crippen molar-refractivity contribution in [2.45, 2.75) is 12.8 Å². The average molecular weight is 277 g/mol. The van der Waals surface area contributed by atoms with Gasteiger partial charge in [0.05, 0.1) is 17.3 Å². The molecule has 0 spiro atoms. The fourth-order valence-corrected chi connectivity index (χ4v) is 2.63. The second-order valence-corrected chi connectivity index (χ2v) is 5.42. The molecule has 1 fully saturated rings. The summed E-state index contributed by atoms with van der Waals surface area (Å²) >= 11 is 0. The molecular formula is C17H15N3O. The highest BCUT2D eigenvalue weighted by molar-refractivity contribution is 5.79. The predicted octanol–water partition coefficient (Wildman–Crippen LogP) is 2.28. The Bertz CT molecular complexity index is 716. The van der Waals surface area contributed by atoms with E-state index in [1.54, 1.807) is 6.07 Å². The molecule has 1 aromatic heterocycles. The summed E-state index contributed by atoms with van der Waals surface area (Å²) in [4.78, 5) is 15.5. The first-order valence-electron chi connectivity index (χ1n) is 6.93. The van der Waals surface area contributed by atoms with E-state index in [9.17, 15) is 4.79 Å². The van der Waals surface area contributed by atoms with Gasteiger partial charge in [-0.3, -0.25) is 9.78 Å². The van der Waals surface area contributed by atoms with Crippen LogP contribution in [0, 0.1) is 23.2 Å². The lowest BCUT2D eigenvalue weighted by atomic mass is 10.0.